The van der Waals surface area contributed by atoms with Gasteiger partial charge in [-0.3, -0.25) is 0 Å². The van der Waals surface area contributed by atoms with Gasteiger partial charge >= 0.3 is 0 Å². The van der Waals surface area contributed by atoms with Gasteiger partial charge < -0.3 is 4.74 Å². The smallest absolute Gasteiger partial charge is 0.243 e. The number of nitrogens with zero attached hydrogens (tertiary/aromatic N) is 2. The highest BCUT2D eigenvalue weighted by molar-refractivity contribution is 7.89. The SMILES string of the molecule is CCOc1ccc(S(=O)(=O)N2CCC(c3nccs3)CC2)cc1. The quantitative estimate of drug-likeness (QED) is 0.829. The molecule has 1 saturated heterocycles. The zero-order valence-corrected chi connectivity index (χ0v) is 14.6. The molecule has 1 aromatic carbocycles. The fourth-order valence-corrected chi connectivity index (χ4v) is 5.08. The topological polar surface area (TPSA) is 59.5 Å². The van der Waals surface area contributed by atoms with E-state index in [4.69, 9.17) is 4.74 Å². The molecular weight excluding hydrogens is 332 g/mol. The maximum absolute atomic E-state index is 12.7. The van der Waals surface area contributed by atoms with E-state index >= 15 is 0 Å². The van der Waals surface area contributed by atoms with Crippen LogP contribution in [0.25, 0.3) is 0 Å². The monoisotopic (exact) mass is 352 g/mol. The average Bonchev–Trinajstić information content (AvgIpc) is 3.10. The van der Waals surface area contributed by atoms with Crippen molar-refractivity contribution >= 4 is 21.4 Å². The fraction of sp³-hybridized carbons (Fsp3) is 0.438. The van der Waals surface area contributed by atoms with Gasteiger partial charge in [0.05, 0.1) is 16.5 Å². The molecule has 2 heterocycles. The van der Waals surface area contributed by atoms with Crippen LogP contribution in [0.4, 0.5) is 0 Å². The van der Waals surface area contributed by atoms with Gasteiger partial charge in [0.25, 0.3) is 0 Å². The van der Waals surface area contributed by atoms with Gasteiger partial charge in [0, 0.05) is 30.6 Å². The number of ether oxygens (including phenoxy) is 1. The number of benzene rings is 1. The van der Waals surface area contributed by atoms with Crippen LogP contribution in [0.2, 0.25) is 0 Å². The highest BCUT2D eigenvalue weighted by Gasteiger charge is 2.30. The number of aromatic nitrogens is 1. The zero-order valence-electron chi connectivity index (χ0n) is 13.0. The Labute approximate surface area is 141 Å². The molecule has 1 fully saturated rings. The minimum Gasteiger partial charge on any atom is -0.494 e. The van der Waals surface area contributed by atoms with E-state index in [2.05, 4.69) is 4.98 Å². The van der Waals surface area contributed by atoms with Crippen molar-refractivity contribution in [2.45, 2.75) is 30.6 Å². The highest BCUT2D eigenvalue weighted by atomic mass is 32.2. The lowest BCUT2D eigenvalue weighted by molar-refractivity contribution is 0.319. The lowest BCUT2D eigenvalue weighted by atomic mass is 9.99. The summed E-state index contributed by atoms with van der Waals surface area (Å²) < 4.78 is 32.4. The van der Waals surface area contributed by atoms with E-state index in [1.165, 1.54) is 0 Å². The summed E-state index contributed by atoms with van der Waals surface area (Å²) in [7, 11) is -3.43. The van der Waals surface area contributed by atoms with Crippen LogP contribution in [0.5, 0.6) is 5.75 Å². The third-order valence-corrected chi connectivity index (χ3v) is 6.88. The summed E-state index contributed by atoms with van der Waals surface area (Å²) in [5.74, 6) is 1.07. The van der Waals surface area contributed by atoms with Crippen LogP contribution in [-0.2, 0) is 10.0 Å². The van der Waals surface area contributed by atoms with Crippen LogP contribution in [0.1, 0.15) is 30.7 Å². The molecule has 0 radical (unpaired) electrons. The molecule has 0 N–H and O–H groups in total. The number of hydrogen-bond acceptors (Lipinski definition) is 5. The Morgan fingerprint density at radius 3 is 2.52 bits per heavy atom. The van der Waals surface area contributed by atoms with E-state index in [-0.39, 0.29) is 0 Å². The second kappa shape index (κ2) is 6.98. The van der Waals surface area contributed by atoms with Crippen LogP contribution >= 0.6 is 11.3 Å². The second-order valence-corrected chi connectivity index (χ2v) is 8.32. The predicted molar refractivity (Wildman–Crippen MR) is 90.5 cm³/mol. The maximum atomic E-state index is 12.7. The van der Waals surface area contributed by atoms with Gasteiger partial charge in [-0.2, -0.15) is 4.31 Å². The molecule has 0 amide bonds. The van der Waals surface area contributed by atoms with E-state index in [1.54, 1.807) is 39.9 Å². The van der Waals surface area contributed by atoms with E-state index < -0.39 is 10.0 Å². The van der Waals surface area contributed by atoms with Gasteiger partial charge in [0.2, 0.25) is 10.0 Å². The molecule has 2 aromatic rings. The zero-order chi connectivity index (χ0) is 16.3. The largest absolute Gasteiger partial charge is 0.494 e. The van der Waals surface area contributed by atoms with Crippen LogP contribution < -0.4 is 4.74 Å². The predicted octanol–water partition coefficient (Wildman–Crippen LogP) is 3.11. The van der Waals surface area contributed by atoms with Crippen LogP contribution in [0, 0.1) is 0 Å². The summed E-state index contributed by atoms with van der Waals surface area (Å²) in [6, 6.07) is 6.65. The summed E-state index contributed by atoms with van der Waals surface area (Å²) in [6.07, 6.45) is 3.45. The molecule has 3 rings (SSSR count). The van der Waals surface area contributed by atoms with Gasteiger partial charge in [-0.05, 0) is 44.0 Å². The first-order chi connectivity index (χ1) is 11.1. The lowest BCUT2D eigenvalue weighted by Crippen LogP contribution is -2.37. The molecule has 0 unspecified atom stereocenters. The van der Waals surface area contributed by atoms with Gasteiger partial charge in [-0.1, -0.05) is 0 Å². The minimum absolute atomic E-state index is 0.327. The number of piperidine rings is 1. The summed E-state index contributed by atoms with van der Waals surface area (Å²) >= 11 is 1.65. The third kappa shape index (κ3) is 3.57. The number of sulfonamides is 1. The molecule has 23 heavy (non-hydrogen) atoms. The van der Waals surface area contributed by atoms with Crippen molar-refractivity contribution < 1.29 is 13.2 Å². The van der Waals surface area contributed by atoms with E-state index in [1.807, 2.05) is 18.5 Å². The van der Waals surface area contributed by atoms with Gasteiger partial charge in [0.1, 0.15) is 5.75 Å². The van der Waals surface area contributed by atoms with E-state index in [9.17, 15) is 8.42 Å². The van der Waals surface area contributed by atoms with Crippen molar-refractivity contribution in [2.75, 3.05) is 19.7 Å². The van der Waals surface area contributed by atoms with Crippen molar-refractivity contribution in [3.05, 3.63) is 40.8 Å². The molecule has 0 aliphatic carbocycles. The molecule has 0 bridgehead atoms. The summed E-state index contributed by atoms with van der Waals surface area (Å²) in [4.78, 5) is 4.68. The molecule has 7 heteroatoms. The van der Waals surface area contributed by atoms with Crippen molar-refractivity contribution in [3.8, 4) is 5.75 Å². The van der Waals surface area contributed by atoms with Crippen molar-refractivity contribution in [2.24, 2.45) is 0 Å². The van der Waals surface area contributed by atoms with Crippen molar-refractivity contribution in [3.63, 3.8) is 0 Å². The van der Waals surface area contributed by atoms with Crippen LogP contribution in [0.3, 0.4) is 0 Å². The average molecular weight is 352 g/mol. The Kier molecular flexibility index (Phi) is 4.99. The highest BCUT2D eigenvalue weighted by Crippen LogP contribution is 2.31. The Hall–Kier alpha value is -1.44. The Balaban J connectivity index is 1.68. The molecule has 0 spiro atoms. The number of rotatable bonds is 5. The molecule has 1 aromatic heterocycles. The number of hydrogen-bond donors (Lipinski definition) is 0. The molecule has 124 valence electrons. The van der Waals surface area contributed by atoms with Crippen LogP contribution in [0.15, 0.2) is 40.7 Å². The second-order valence-electron chi connectivity index (χ2n) is 5.45. The first kappa shape index (κ1) is 16.4. The first-order valence-corrected chi connectivity index (χ1v) is 10.1. The summed E-state index contributed by atoms with van der Waals surface area (Å²) in [5.41, 5.74) is 0. The standard InChI is InChI=1S/C16H20N2O3S2/c1-2-21-14-3-5-15(6-4-14)23(19,20)18-10-7-13(8-11-18)16-17-9-12-22-16/h3-6,9,12-13H,2,7-8,10-11H2,1H3. The lowest BCUT2D eigenvalue weighted by Gasteiger charge is -2.30. The van der Waals surface area contributed by atoms with Gasteiger partial charge in [-0.15, -0.1) is 11.3 Å². The molecule has 0 saturated carbocycles. The summed E-state index contributed by atoms with van der Waals surface area (Å²) in [6.45, 7) is 3.55. The molecule has 0 atom stereocenters. The van der Waals surface area contributed by atoms with Crippen LogP contribution in [-0.4, -0.2) is 37.4 Å². The minimum atomic E-state index is -3.43. The van der Waals surface area contributed by atoms with Gasteiger partial charge in [0.15, 0.2) is 0 Å². The fourth-order valence-electron chi connectivity index (χ4n) is 2.80. The molecule has 5 nitrogen and oxygen atoms in total. The van der Waals surface area contributed by atoms with E-state index in [0.717, 1.165) is 17.8 Å². The van der Waals surface area contributed by atoms with Gasteiger partial charge in [-0.25, -0.2) is 13.4 Å². The van der Waals surface area contributed by atoms with Crippen molar-refractivity contribution in [1.82, 2.24) is 9.29 Å². The Bertz CT molecular complexity index is 719. The van der Waals surface area contributed by atoms with Crippen molar-refractivity contribution in [1.29, 1.82) is 0 Å². The first-order valence-electron chi connectivity index (χ1n) is 7.73. The maximum Gasteiger partial charge on any atom is 0.243 e. The Morgan fingerprint density at radius 1 is 1.26 bits per heavy atom. The number of thiazole rings is 1. The molecular formula is C16H20N2O3S2. The van der Waals surface area contributed by atoms with E-state index in [0.29, 0.717) is 36.3 Å². The third-order valence-electron chi connectivity index (χ3n) is 4.03. The molecule has 1 aliphatic heterocycles. The summed E-state index contributed by atoms with van der Waals surface area (Å²) in [5, 5.41) is 3.08. The molecule has 1 aliphatic rings. The normalized spacial score (nSPS) is 17.3. The Morgan fingerprint density at radius 2 is 1.96 bits per heavy atom.